The van der Waals surface area contributed by atoms with Crippen LogP contribution in [0.25, 0.3) is 0 Å². The molecule has 0 aromatic heterocycles. The first kappa shape index (κ1) is 12.8. The zero-order valence-electron chi connectivity index (χ0n) is 10.2. The van der Waals surface area contributed by atoms with Gasteiger partial charge >= 0.3 is 0 Å². The number of primary amides is 1. The number of rotatable bonds is 5. The fourth-order valence-electron chi connectivity index (χ4n) is 2.88. The van der Waals surface area contributed by atoms with E-state index in [2.05, 4.69) is 0 Å². The lowest BCUT2D eigenvalue weighted by Crippen LogP contribution is -2.50. The van der Waals surface area contributed by atoms with E-state index in [1.54, 1.807) is 0 Å². The van der Waals surface area contributed by atoms with Crippen molar-refractivity contribution in [2.24, 2.45) is 23.3 Å². The molecule has 3 atom stereocenters. The summed E-state index contributed by atoms with van der Waals surface area (Å²) in [6, 6.07) is 0.0968. The lowest BCUT2D eigenvalue weighted by molar-refractivity contribution is -0.119. The summed E-state index contributed by atoms with van der Waals surface area (Å²) < 4.78 is 0. The largest absolute Gasteiger partial charge is 0.393 e. The number of nitrogens with zero attached hydrogens (tertiary/aromatic N) is 1. The fourth-order valence-corrected chi connectivity index (χ4v) is 2.88. The van der Waals surface area contributed by atoms with Crippen molar-refractivity contribution in [3.63, 3.8) is 0 Å². The second-order valence-electron chi connectivity index (χ2n) is 5.66. The average molecular weight is 241 g/mol. The van der Waals surface area contributed by atoms with Gasteiger partial charge in [-0.15, -0.1) is 0 Å². The van der Waals surface area contributed by atoms with E-state index in [1.807, 2.05) is 4.90 Å². The van der Waals surface area contributed by atoms with Crippen LogP contribution < -0.4 is 11.5 Å². The minimum absolute atomic E-state index is 0.0968. The molecule has 0 radical (unpaired) electrons. The van der Waals surface area contributed by atoms with Gasteiger partial charge in [0.05, 0.1) is 12.6 Å². The molecule has 0 spiro atoms. The van der Waals surface area contributed by atoms with Gasteiger partial charge in [0, 0.05) is 19.1 Å². The number of aliphatic hydroxyl groups excluding tert-OH is 1. The Bertz CT molecular complexity index is 281. The molecule has 5 nitrogen and oxygen atoms in total. The number of hydrogen-bond donors (Lipinski definition) is 3. The summed E-state index contributed by atoms with van der Waals surface area (Å²) >= 11 is 0. The van der Waals surface area contributed by atoms with E-state index < -0.39 is 0 Å². The summed E-state index contributed by atoms with van der Waals surface area (Å²) in [6.07, 6.45) is 3.89. The van der Waals surface area contributed by atoms with Crippen LogP contribution in [0, 0.1) is 11.8 Å². The van der Waals surface area contributed by atoms with Gasteiger partial charge in [-0.3, -0.25) is 9.69 Å². The molecule has 0 aromatic carbocycles. The number of amides is 1. The first-order valence-corrected chi connectivity index (χ1v) is 6.49. The van der Waals surface area contributed by atoms with Crippen molar-refractivity contribution >= 4 is 5.91 Å². The van der Waals surface area contributed by atoms with Gasteiger partial charge in [0.15, 0.2) is 0 Å². The number of hydrogen-bond acceptors (Lipinski definition) is 4. The highest BCUT2D eigenvalue weighted by Gasteiger charge is 2.34. The Morgan fingerprint density at radius 3 is 2.71 bits per heavy atom. The zero-order chi connectivity index (χ0) is 12.4. The predicted octanol–water partition coefficient (Wildman–Crippen LogP) is -0.718. The standard InChI is InChI=1S/C12H23N3O2/c13-10-3-8(4-11(16)9-1-2-9)5-15(6-10)7-12(14)17/h8-11,16H,1-7,13H2,(H2,14,17). The molecule has 2 fully saturated rings. The second kappa shape index (κ2) is 5.33. The van der Waals surface area contributed by atoms with Crippen LogP contribution in [-0.4, -0.2) is 47.7 Å². The van der Waals surface area contributed by atoms with Gasteiger partial charge in [-0.05, 0) is 37.5 Å². The third-order valence-corrected chi connectivity index (χ3v) is 3.77. The maximum atomic E-state index is 10.9. The Labute approximate surface area is 102 Å². The molecule has 1 aliphatic heterocycles. The van der Waals surface area contributed by atoms with Crippen molar-refractivity contribution in [3.8, 4) is 0 Å². The molecule has 98 valence electrons. The van der Waals surface area contributed by atoms with Gasteiger partial charge in [-0.2, -0.15) is 0 Å². The Morgan fingerprint density at radius 1 is 1.41 bits per heavy atom. The van der Waals surface area contributed by atoms with Crippen molar-refractivity contribution < 1.29 is 9.90 Å². The smallest absolute Gasteiger partial charge is 0.231 e. The van der Waals surface area contributed by atoms with Crippen LogP contribution in [0.2, 0.25) is 0 Å². The highest BCUT2D eigenvalue weighted by atomic mass is 16.3. The minimum Gasteiger partial charge on any atom is -0.393 e. The van der Waals surface area contributed by atoms with Crippen molar-refractivity contribution in [3.05, 3.63) is 0 Å². The monoisotopic (exact) mass is 241 g/mol. The minimum atomic E-state index is -0.305. The molecule has 3 unspecified atom stereocenters. The maximum absolute atomic E-state index is 10.9. The molecule has 1 aliphatic carbocycles. The van der Waals surface area contributed by atoms with E-state index in [9.17, 15) is 9.90 Å². The molecule has 0 bridgehead atoms. The molecule has 2 rings (SSSR count). The SMILES string of the molecule is NC(=O)CN1CC(N)CC(CC(O)C2CC2)C1. The van der Waals surface area contributed by atoms with Crippen LogP contribution in [0.15, 0.2) is 0 Å². The zero-order valence-corrected chi connectivity index (χ0v) is 10.2. The lowest BCUT2D eigenvalue weighted by atomic mass is 9.88. The van der Waals surface area contributed by atoms with E-state index in [4.69, 9.17) is 11.5 Å². The van der Waals surface area contributed by atoms with Gasteiger partial charge in [-0.25, -0.2) is 0 Å². The third-order valence-electron chi connectivity index (χ3n) is 3.77. The van der Waals surface area contributed by atoms with E-state index in [0.29, 0.717) is 11.8 Å². The van der Waals surface area contributed by atoms with Crippen LogP contribution in [0.1, 0.15) is 25.7 Å². The Kier molecular flexibility index (Phi) is 4.01. The van der Waals surface area contributed by atoms with Crippen LogP contribution >= 0.6 is 0 Å². The molecule has 1 saturated heterocycles. The summed E-state index contributed by atoms with van der Waals surface area (Å²) in [5.74, 6) is 0.604. The summed E-state index contributed by atoms with van der Waals surface area (Å²) in [5.41, 5.74) is 11.2. The van der Waals surface area contributed by atoms with E-state index in [1.165, 1.54) is 0 Å². The molecule has 1 amide bonds. The number of nitrogens with two attached hydrogens (primary N) is 2. The second-order valence-corrected chi connectivity index (χ2v) is 5.66. The van der Waals surface area contributed by atoms with Gasteiger partial charge in [-0.1, -0.05) is 0 Å². The average Bonchev–Trinajstić information content (AvgIpc) is 2.97. The molecule has 17 heavy (non-hydrogen) atoms. The number of carbonyl (C=O) groups is 1. The number of piperidine rings is 1. The van der Waals surface area contributed by atoms with Crippen LogP contribution in [0.3, 0.4) is 0 Å². The van der Waals surface area contributed by atoms with Gasteiger partial charge in [0.2, 0.25) is 5.91 Å². The van der Waals surface area contributed by atoms with Crippen LogP contribution in [-0.2, 0) is 4.79 Å². The molecule has 5 heteroatoms. The van der Waals surface area contributed by atoms with Gasteiger partial charge < -0.3 is 16.6 Å². The summed E-state index contributed by atoms with van der Waals surface area (Å²) in [4.78, 5) is 12.9. The summed E-state index contributed by atoms with van der Waals surface area (Å²) in [7, 11) is 0. The van der Waals surface area contributed by atoms with Crippen LogP contribution in [0.5, 0.6) is 0 Å². The highest BCUT2D eigenvalue weighted by Crippen LogP contribution is 2.36. The Balaban J connectivity index is 1.82. The van der Waals surface area contributed by atoms with Crippen molar-refractivity contribution in [1.29, 1.82) is 0 Å². The number of aliphatic hydroxyl groups is 1. The molecular weight excluding hydrogens is 218 g/mol. The Hall–Kier alpha value is -0.650. The van der Waals surface area contributed by atoms with E-state index >= 15 is 0 Å². The van der Waals surface area contributed by atoms with E-state index in [0.717, 1.165) is 38.8 Å². The maximum Gasteiger partial charge on any atom is 0.231 e. The van der Waals surface area contributed by atoms with Gasteiger partial charge in [0.1, 0.15) is 0 Å². The van der Waals surface area contributed by atoms with Crippen molar-refractivity contribution in [2.45, 2.75) is 37.8 Å². The van der Waals surface area contributed by atoms with Gasteiger partial charge in [0.25, 0.3) is 0 Å². The quantitative estimate of drug-likeness (QED) is 0.592. The lowest BCUT2D eigenvalue weighted by Gasteiger charge is -2.36. The highest BCUT2D eigenvalue weighted by molar-refractivity contribution is 5.75. The fraction of sp³-hybridized carbons (Fsp3) is 0.917. The number of carbonyl (C=O) groups excluding carboxylic acids is 1. The molecular formula is C12H23N3O2. The van der Waals surface area contributed by atoms with Crippen LogP contribution in [0.4, 0.5) is 0 Å². The Morgan fingerprint density at radius 2 is 2.12 bits per heavy atom. The molecule has 2 aliphatic rings. The predicted molar refractivity (Wildman–Crippen MR) is 65.1 cm³/mol. The van der Waals surface area contributed by atoms with E-state index in [-0.39, 0.29) is 24.6 Å². The molecule has 0 aromatic rings. The number of likely N-dealkylation sites (tertiary alicyclic amines) is 1. The summed E-state index contributed by atoms with van der Waals surface area (Å²) in [5, 5.41) is 9.94. The van der Waals surface area contributed by atoms with Crippen molar-refractivity contribution in [1.82, 2.24) is 4.90 Å². The normalized spacial score (nSPS) is 32.4. The first-order valence-electron chi connectivity index (χ1n) is 6.49. The van der Waals surface area contributed by atoms with Crippen molar-refractivity contribution in [2.75, 3.05) is 19.6 Å². The molecule has 1 heterocycles. The molecule has 5 N–H and O–H groups in total. The third kappa shape index (κ3) is 3.94. The molecule has 1 saturated carbocycles. The first-order chi connectivity index (χ1) is 8.04. The summed E-state index contributed by atoms with van der Waals surface area (Å²) in [6.45, 7) is 1.85. The topological polar surface area (TPSA) is 92.6 Å².